The van der Waals surface area contributed by atoms with Crippen LogP contribution in [0.5, 0.6) is 0 Å². The van der Waals surface area contributed by atoms with Gasteiger partial charge in [0.15, 0.2) is 6.29 Å². The van der Waals surface area contributed by atoms with Crippen LogP contribution in [-0.4, -0.2) is 17.0 Å². The zero-order valence-corrected chi connectivity index (χ0v) is 12.5. The van der Waals surface area contributed by atoms with Crippen LogP contribution in [0.25, 0.3) is 0 Å². The molecule has 1 N–H and O–H groups in total. The van der Waals surface area contributed by atoms with Crippen molar-refractivity contribution in [3.63, 3.8) is 0 Å². The normalized spacial score (nSPS) is 38.5. The van der Waals surface area contributed by atoms with Crippen molar-refractivity contribution in [1.82, 2.24) is 0 Å². The molecule has 4 unspecified atom stereocenters. The second kappa shape index (κ2) is 5.13. The number of fused-ring (bicyclic) bond motifs is 2. The van der Waals surface area contributed by atoms with E-state index in [2.05, 4.69) is 20.8 Å². The zero-order chi connectivity index (χ0) is 13.4. The van der Waals surface area contributed by atoms with E-state index in [4.69, 9.17) is 4.74 Å². The summed E-state index contributed by atoms with van der Waals surface area (Å²) < 4.78 is 6.01. The molecule has 0 saturated heterocycles. The first-order chi connectivity index (χ1) is 8.38. The Morgan fingerprint density at radius 3 is 2.78 bits per heavy atom. The van der Waals surface area contributed by atoms with Crippen LogP contribution >= 0.6 is 0 Å². The van der Waals surface area contributed by atoms with Crippen LogP contribution in [0.4, 0.5) is 0 Å². The van der Waals surface area contributed by atoms with Crippen molar-refractivity contribution >= 4 is 0 Å². The molecule has 2 saturated carbocycles. The van der Waals surface area contributed by atoms with E-state index in [0.717, 1.165) is 11.8 Å². The predicted molar refractivity (Wildman–Crippen MR) is 74.3 cm³/mol. The van der Waals surface area contributed by atoms with Crippen molar-refractivity contribution in [2.75, 3.05) is 0 Å². The summed E-state index contributed by atoms with van der Waals surface area (Å²) in [7, 11) is 0. The highest BCUT2D eigenvalue weighted by molar-refractivity contribution is 5.02. The smallest absolute Gasteiger partial charge is 0.155 e. The average Bonchev–Trinajstić information content (AvgIpc) is 2.27. The summed E-state index contributed by atoms with van der Waals surface area (Å²) in [5.41, 5.74) is 0.0967. The molecule has 2 aliphatic carbocycles. The highest BCUT2D eigenvalue weighted by atomic mass is 16.6. The third-order valence-corrected chi connectivity index (χ3v) is 5.48. The maximum atomic E-state index is 9.86. The number of hydrogen-bond donors (Lipinski definition) is 1. The number of aliphatic hydroxyl groups excluding tert-OH is 1. The van der Waals surface area contributed by atoms with Crippen molar-refractivity contribution in [2.24, 2.45) is 17.3 Å². The van der Waals surface area contributed by atoms with Crippen LogP contribution in [0.3, 0.4) is 0 Å². The van der Waals surface area contributed by atoms with E-state index in [1.54, 1.807) is 0 Å². The molecule has 2 bridgehead atoms. The Morgan fingerprint density at radius 2 is 2.11 bits per heavy atom. The quantitative estimate of drug-likeness (QED) is 0.765. The Bertz CT molecular complexity index is 283. The largest absolute Gasteiger partial charge is 0.368 e. The van der Waals surface area contributed by atoms with Gasteiger partial charge in [0, 0.05) is 0 Å². The average molecular weight is 254 g/mol. The van der Waals surface area contributed by atoms with Gasteiger partial charge in [-0.1, -0.05) is 26.7 Å². The summed E-state index contributed by atoms with van der Waals surface area (Å²) in [6.45, 7) is 8.77. The Balaban J connectivity index is 2.16. The summed E-state index contributed by atoms with van der Waals surface area (Å²) in [5, 5.41) is 9.86. The van der Waals surface area contributed by atoms with Crippen LogP contribution in [0.15, 0.2) is 0 Å². The molecule has 18 heavy (non-hydrogen) atoms. The summed E-state index contributed by atoms with van der Waals surface area (Å²) in [4.78, 5) is 0. The summed E-state index contributed by atoms with van der Waals surface area (Å²) in [5.74, 6) is 1.70. The van der Waals surface area contributed by atoms with Crippen molar-refractivity contribution < 1.29 is 9.84 Å². The van der Waals surface area contributed by atoms with Crippen molar-refractivity contribution in [1.29, 1.82) is 0 Å². The molecule has 0 aromatic rings. The van der Waals surface area contributed by atoms with Crippen LogP contribution in [0.1, 0.15) is 72.6 Å². The van der Waals surface area contributed by atoms with Crippen molar-refractivity contribution in [3.05, 3.63) is 0 Å². The number of aliphatic hydroxyl groups is 1. The van der Waals surface area contributed by atoms with E-state index in [-0.39, 0.29) is 5.60 Å². The van der Waals surface area contributed by atoms with E-state index < -0.39 is 6.29 Å². The molecule has 0 aromatic heterocycles. The molecule has 2 rings (SSSR count). The molecule has 0 radical (unpaired) electrons. The third-order valence-electron chi connectivity index (χ3n) is 5.48. The Hall–Kier alpha value is -0.0800. The maximum absolute atomic E-state index is 9.86. The third kappa shape index (κ3) is 2.60. The number of rotatable bonds is 4. The van der Waals surface area contributed by atoms with Crippen molar-refractivity contribution in [3.8, 4) is 0 Å². The van der Waals surface area contributed by atoms with Crippen LogP contribution in [0, 0.1) is 17.3 Å². The highest BCUT2D eigenvalue weighted by Crippen LogP contribution is 2.57. The minimum absolute atomic E-state index is 0.199. The lowest BCUT2D eigenvalue weighted by atomic mass is 9.53. The topological polar surface area (TPSA) is 29.5 Å². The molecule has 4 atom stereocenters. The van der Waals surface area contributed by atoms with Gasteiger partial charge >= 0.3 is 0 Å². The standard InChI is InChI=1S/C16H30O2/c1-5-14(17)18-15(3,4)16-8-6-7-13(11-16)9-12(2)10-16/h12-14,17H,5-11H2,1-4H3. The monoisotopic (exact) mass is 254 g/mol. The first kappa shape index (κ1) is 14.3. The zero-order valence-electron chi connectivity index (χ0n) is 12.5. The first-order valence-electron chi connectivity index (χ1n) is 7.74. The Morgan fingerprint density at radius 1 is 1.39 bits per heavy atom. The molecule has 2 aliphatic rings. The van der Waals surface area contributed by atoms with Crippen LogP contribution < -0.4 is 0 Å². The molecule has 0 aliphatic heterocycles. The molecular weight excluding hydrogens is 224 g/mol. The fraction of sp³-hybridized carbons (Fsp3) is 1.00. The summed E-state index contributed by atoms with van der Waals surface area (Å²) >= 11 is 0. The first-order valence-corrected chi connectivity index (χ1v) is 7.74. The van der Waals surface area contributed by atoms with Gasteiger partial charge in [-0.05, 0) is 63.2 Å². The second-order valence-electron chi connectivity index (χ2n) is 7.28. The molecule has 0 aromatic carbocycles. The van der Waals surface area contributed by atoms with E-state index >= 15 is 0 Å². The second-order valence-corrected chi connectivity index (χ2v) is 7.28. The predicted octanol–water partition coefficient (Wildman–Crippen LogP) is 4.12. The minimum Gasteiger partial charge on any atom is -0.368 e. The Kier molecular flexibility index (Phi) is 4.08. The van der Waals surface area contributed by atoms with Crippen LogP contribution in [0.2, 0.25) is 0 Å². The van der Waals surface area contributed by atoms with Gasteiger partial charge in [0.2, 0.25) is 0 Å². The minimum atomic E-state index is -0.605. The summed E-state index contributed by atoms with van der Waals surface area (Å²) in [6.07, 6.45) is 8.06. The molecule has 0 heterocycles. The fourth-order valence-electron chi connectivity index (χ4n) is 4.53. The SMILES string of the molecule is CCC(O)OC(C)(C)C12CCCC(CC(C)C1)C2. The Labute approximate surface area is 112 Å². The molecule has 0 amide bonds. The van der Waals surface area contributed by atoms with Gasteiger partial charge in [0.05, 0.1) is 5.60 Å². The molecular formula is C16H30O2. The van der Waals surface area contributed by atoms with Gasteiger partial charge in [-0.25, -0.2) is 0 Å². The van der Waals surface area contributed by atoms with E-state index in [9.17, 15) is 5.11 Å². The molecule has 2 fully saturated rings. The van der Waals surface area contributed by atoms with Gasteiger partial charge < -0.3 is 9.84 Å². The van der Waals surface area contributed by atoms with Gasteiger partial charge in [0.25, 0.3) is 0 Å². The summed E-state index contributed by atoms with van der Waals surface area (Å²) in [6, 6.07) is 0. The van der Waals surface area contributed by atoms with E-state index in [0.29, 0.717) is 11.8 Å². The van der Waals surface area contributed by atoms with Crippen LogP contribution in [-0.2, 0) is 4.74 Å². The highest BCUT2D eigenvalue weighted by Gasteiger charge is 2.52. The van der Waals surface area contributed by atoms with E-state index in [1.165, 1.54) is 38.5 Å². The lowest BCUT2D eigenvalue weighted by Crippen LogP contribution is -2.53. The van der Waals surface area contributed by atoms with Gasteiger partial charge in [0.1, 0.15) is 0 Å². The molecule has 0 spiro atoms. The fourth-order valence-corrected chi connectivity index (χ4v) is 4.53. The molecule has 2 heteroatoms. The molecule has 2 nitrogen and oxygen atoms in total. The number of hydrogen-bond acceptors (Lipinski definition) is 2. The van der Waals surface area contributed by atoms with Gasteiger partial charge in [-0.15, -0.1) is 0 Å². The van der Waals surface area contributed by atoms with E-state index in [1.807, 2.05) is 6.92 Å². The van der Waals surface area contributed by atoms with Crippen molar-refractivity contribution in [2.45, 2.75) is 84.5 Å². The molecule has 106 valence electrons. The lowest BCUT2D eigenvalue weighted by Gasteiger charge is -2.56. The number of ether oxygens (including phenoxy) is 1. The maximum Gasteiger partial charge on any atom is 0.155 e. The van der Waals surface area contributed by atoms with Gasteiger partial charge in [-0.3, -0.25) is 0 Å². The van der Waals surface area contributed by atoms with Gasteiger partial charge in [-0.2, -0.15) is 0 Å². The lowest BCUT2D eigenvalue weighted by molar-refractivity contribution is -0.236.